The number of hydrogen-bond acceptors (Lipinski definition) is 6. The maximum atomic E-state index is 12.2. The highest BCUT2D eigenvalue weighted by Gasteiger charge is 2.17. The van der Waals surface area contributed by atoms with Crippen molar-refractivity contribution < 1.29 is 23.9 Å². The predicted octanol–water partition coefficient (Wildman–Crippen LogP) is 2.37. The largest absolute Gasteiger partial charge is 0.482 e. The van der Waals surface area contributed by atoms with Gasteiger partial charge >= 0.3 is 5.97 Å². The van der Waals surface area contributed by atoms with E-state index in [0.717, 1.165) is 0 Å². The Hall–Kier alpha value is -3.66. The van der Waals surface area contributed by atoms with Crippen LogP contribution >= 0.6 is 0 Å². The number of nitriles is 1. The highest BCUT2D eigenvalue weighted by Crippen LogP contribution is 2.14. The minimum Gasteiger partial charge on any atom is -0.482 e. The Morgan fingerprint density at radius 3 is 2.26 bits per heavy atom. The van der Waals surface area contributed by atoms with Gasteiger partial charge in [0.15, 0.2) is 19.0 Å². The third-order valence-electron chi connectivity index (χ3n) is 3.57. The van der Waals surface area contributed by atoms with E-state index < -0.39 is 18.5 Å². The van der Waals surface area contributed by atoms with Crippen molar-refractivity contribution in [3.63, 3.8) is 0 Å². The lowest BCUT2D eigenvalue weighted by molar-refractivity contribution is -0.149. The summed E-state index contributed by atoms with van der Waals surface area (Å²) >= 11 is 0. The summed E-state index contributed by atoms with van der Waals surface area (Å²) < 4.78 is 10.2. The second-order valence-corrected chi connectivity index (χ2v) is 5.50. The minimum atomic E-state index is -0.719. The average molecular weight is 366 g/mol. The molecule has 7 nitrogen and oxygen atoms in total. The molecule has 2 aromatic rings. The standard InChI is InChI=1S/C20H18N2O5/c1-15(23)16-7-9-18(10-8-16)26-14-20(25)27-13-19(24)22(12-11-21)17-5-3-2-4-6-17/h2-10H,12-14H2,1H3. The average Bonchev–Trinajstić information content (AvgIpc) is 2.69. The van der Waals surface area contributed by atoms with Crippen LogP contribution in [0, 0.1) is 11.3 Å². The number of anilines is 1. The summed E-state index contributed by atoms with van der Waals surface area (Å²) in [5.74, 6) is -0.899. The summed E-state index contributed by atoms with van der Waals surface area (Å²) in [6.07, 6.45) is 0. The molecule has 0 saturated heterocycles. The second kappa shape index (κ2) is 9.73. The van der Waals surface area contributed by atoms with Gasteiger partial charge < -0.3 is 9.47 Å². The molecule has 0 aliphatic rings. The molecule has 0 atom stereocenters. The van der Waals surface area contributed by atoms with Crippen LogP contribution in [0.3, 0.4) is 0 Å². The first-order valence-electron chi connectivity index (χ1n) is 8.13. The van der Waals surface area contributed by atoms with E-state index in [1.54, 1.807) is 54.6 Å². The van der Waals surface area contributed by atoms with E-state index in [2.05, 4.69) is 0 Å². The first kappa shape index (κ1) is 19.7. The molecule has 0 aromatic heterocycles. The van der Waals surface area contributed by atoms with E-state index in [1.165, 1.54) is 11.8 Å². The molecule has 0 N–H and O–H groups in total. The number of hydrogen-bond donors (Lipinski definition) is 0. The summed E-state index contributed by atoms with van der Waals surface area (Å²) in [6.45, 7) is 0.424. The van der Waals surface area contributed by atoms with E-state index in [1.807, 2.05) is 6.07 Å². The topological polar surface area (TPSA) is 96.7 Å². The molecule has 1 amide bonds. The summed E-state index contributed by atoms with van der Waals surface area (Å²) in [5.41, 5.74) is 1.08. The number of benzene rings is 2. The highest BCUT2D eigenvalue weighted by molar-refractivity contribution is 5.95. The monoisotopic (exact) mass is 366 g/mol. The number of amides is 1. The van der Waals surface area contributed by atoms with Crippen LogP contribution in [0.25, 0.3) is 0 Å². The van der Waals surface area contributed by atoms with Crippen LogP contribution in [0.4, 0.5) is 5.69 Å². The zero-order valence-electron chi connectivity index (χ0n) is 14.8. The summed E-state index contributed by atoms with van der Waals surface area (Å²) in [6, 6.07) is 16.9. The molecule has 138 valence electrons. The van der Waals surface area contributed by atoms with Gasteiger partial charge in [0.1, 0.15) is 12.3 Å². The lowest BCUT2D eigenvalue weighted by Crippen LogP contribution is -2.35. The fourth-order valence-electron chi connectivity index (χ4n) is 2.19. The van der Waals surface area contributed by atoms with Crippen LogP contribution in [0.1, 0.15) is 17.3 Å². The van der Waals surface area contributed by atoms with Gasteiger partial charge in [0.2, 0.25) is 0 Å². The number of esters is 1. The molecule has 0 heterocycles. The van der Waals surface area contributed by atoms with Crippen LogP contribution in [0.15, 0.2) is 54.6 Å². The summed E-state index contributed by atoms with van der Waals surface area (Å²) in [7, 11) is 0. The van der Waals surface area contributed by atoms with E-state index in [0.29, 0.717) is 17.0 Å². The number of ketones is 1. The lowest BCUT2D eigenvalue weighted by atomic mass is 10.1. The molecular formula is C20H18N2O5. The van der Waals surface area contributed by atoms with Gasteiger partial charge in [0, 0.05) is 11.3 Å². The fourth-order valence-corrected chi connectivity index (χ4v) is 2.19. The van der Waals surface area contributed by atoms with Gasteiger partial charge in [-0.1, -0.05) is 18.2 Å². The van der Waals surface area contributed by atoms with Crippen LogP contribution in [0.2, 0.25) is 0 Å². The maximum absolute atomic E-state index is 12.2. The fraction of sp³-hybridized carbons (Fsp3) is 0.200. The van der Waals surface area contributed by atoms with Gasteiger partial charge in [-0.05, 0) is 43.3 Å². The Morgan fingerprint density at radius 2 is 1.67 bits per heavy atom. The van der Waals surface area contributed by atoms with E-state index in [-0.39, 0.29) is 18.9 Å². The van der Waals surface area contributed by atoms with Gasteiger partial charge in [0.05, 0.1) is 6.07 Å². The molecule has 2 aromatic carbocycles. The Kier molecular flexibility index (Phi) is 7.08. The zero-order valence-corrected chi connectivity index (χ0v) is 14.8. The molecule has 0 aliphatic carbocycles. The van der Waals surface area contributed by atoms with Gasteiger partial charge in [-0.15, -0.1) is 0 Å². The number of Topliss-reactive ketones (excluding diaryl/α,β-unsaturated/α-hetero) is 1. The highest BCUT2D eigenvalue weighted by atomic mass is 16.6. The molecular weight excluding hydrogens is 348 g/mol. The number of rotatable bonds is 8. The summed E-state index contributed by atoms with van der Waals surface area (Å²) in [5, 5.41) is 8.90. The van der Waals surface area contributed by atoms with Gasteiger partial charge in [-0.3, -0.25) is 14.5 Å². The second-order valence-electron chi connectivity index (χ2n) is 5.50. The molecule has 0 unspecified atom stereocenters. The van der Waals surface area contributed by atoms with Crippen LogP contribution in [-0.2, 0) is 14.3 Å². The normalized spacial score (nSPS) is 9.78. The van der Waals surface area contributed by atoms with Crippen LogP contribution in [0.5, 0.6) is 5.75 Å². The van der Waals surface area contributed by atoms with Gasteiger partial charge in [-0.2, -0.15) is 5.26 Å². The third kappa shape index (κ3) is 5.97. The van der Waals surface area contributed by atoms with Crippen LogP contribution < -0.4 is 9.64 Å². The van der Waals surface area contributed by atoms with Crippen molar-refractivity contribution in [3.8, 4) is 11.8 Å². The number of ether oxygens (including phenoxy) is 2. The quantitative estimate of drug-likeness (QED) is 0.404. The Balaban J connectivity index is 1.84. The molecule has 0 spiro atoms. The number of para-hydroxylation sites is 1. The molecule has 7 heteroatoms. The molecule has 0 radical (unpaired) electrons. The van der Waals surface area contributed by atoms with Gasteiger partial charge in [0.25, 0.3) is 5.91 Å². The first-order valence-corrected chi connectivity index (χ1v) is 8.13. The van der Waals surface area contributed by atoms with Crippen molar-refractivity contribution in [2.24, 2.45) is 0 Å². The van der Waals surface area contributed by atoms with Gasteiger partial charge in [-0.25, -0.2) is 4.79 Å². The molecule has 2 rings (SSSR count). The minimum absolute atomic E-state index is 0.0696. The maximum Gasteiger partial charge on any atom is 0.344 e. The number of nitrogens with zero attached hydrogens (tertiary/aromatic N) is 2. The van der Waals surface area contributed by atoms with E-state index >= 15 is 0 Å². The Labute approximate surface area is 156 Å². The zero-order chi connectivity index (χ0) is 19.6. The van der Waals surface area contributed by atoms with Crippen molar-refractivity contribution >= 4 is 23.3 Å². The third-order valence-corrected chi connectivity index (χ3v) is 3.57. The molecule has 0 bridgehead atoms. The van der Waals surface area contributed by atoms with Crippen LogP contribution in [-0.4, -0.2) is 37.4 Å². The number of carbonyl (C=O) groups excluding carboxylic acids is 3. The molecule has 0 aliphatic heterocycles. The van der Waals surface area contributed by atoms with Crippen molar-refractivity contribution in [2.45, 2.75) is 6.92 Å². The van der Waals surface area contributed by atoms with E-state index in [4.69, 9.17) is 14.7 Å². The molecule has 27 heavy (non-hydrogen) atoms. The van der Waals surface area contributed by atoms with Crippen molar-refractivity contribution in [3.05, 3.63) is 60.2 Å². The number of carbonyl (C=O) groups is 3. The molecule has 0 saturated carbocycles. The predicted molar refractivity (Wildman–Crippen MR) is 97.3 cm³/mol. The smallest absolute Gasteiger partial charge is 0.344 e. The lowest BCUT2D eigenvalue weighted by Gasteiger charge is -2.19. The first-order chi connectivity index (χ1) is 13.0. The van der Waals surface area contributed by atoms with Crippen molar-refractivity contribution in [1.29, 1.82) is 5.26 Å². The van der Waals surface area contributed by atoms with Crippen molar-refractivity contribution in [2.75, 3.05) is 24.7 Å². The summed E-state index contributed by atoms with van der Waals surface area (Å²) in [4.78, 5) is 36.5. The Bertz CT molecular complexity index is 841. The SMILES string of the molecule is CC(=O)c1ccc(OCC(=O)OCC(=O)N(CC#N)c2ccccc2)cc1. The van der Waals surface area contributed by atoms with Crippen molar-refractivity contribution in [1.82, 2.24) is 0 Å². The van der Waals surface area contributed by atoms with E-state index in [9.17, 15) is 14.4 Å². The Morgan fingerprint density at radius 1 is 1.00 bits per heavy atom. The molecule has 0 fully saturated rings.